The van der Waals surface area contributed by atoms with E-state index in [1.54, 1.807) is 6.20 Å². The van der Waals surface area contributed by atoms with Gasteiger partial charge in [-0.3, -0.25) is 9.78 Å². The average molecular weight is 371 g/mol. The molecule has 4 rings (SSSR count). The first-order valence-corrected chi connectivity index (χ1v) is 9.84. The van der Waals surface area contributed by atoms with Crippen molar-refractivity contribution >= 4 is 11.6 Å². The van der Waals surface area contributed by atoms with Crippen LogP contribution in [0.4, 0.5) is 5.69 Å². The molecule has 142 valence electrons. The molecule has 0 saturated carbocycles. The number of pyridine rings is 1. The Morgan fingerprint density at radius 2 is 1.75 bits per heavy atom. The maximum Gasteiger partial charge on any atom is 0.256 e. The van der Waals surface area contributed by atoms with Crippen LogP contribution in [0, 0.1) is 6.92 Å². The topological polar surface area (TPSA) is 45.2 Å². The van der Waals surface area contributed by atoms with Crippen LogP contribution in [0.5, 0.6) is 0 Å². The van der Waals surface area contributed by atoms with Crippen LogP contribution in [0.25, 0.3) is 11.1 Å². The molecule has 0 spiro atoms. The SMILES string of the molecule is Cc1nccc(-c2ccccc2)c1C(=O)N1CCC[C@@H](Nc2ccccc2)C1. The molecule has 1 atom stereocenters. The number of nitrogens with one attached hydrogen (secondary N) is 1. The summed E-state index contributed by atoms with van der Waals surface area (Å²) in [6.07, 6.45) is 3.84. The minimum Gasteiger partial charge on any atom is -0.381 e. The van der Waals surface area contributed by atoms with Crippen LogP contribution in [-0.2, 0) is 0 Å². The van der Waals surface area contributed by atoms with Gasteiger partial charge >= 0.3 is 0 Å². The predicted molar refractivity (Wildman–Crippen MR) is 113 cm³/mol. The third kappa shape index (κ3) is 3.91. The van der Waals surface area contributed by atoms with Gasteiger partial charge < -0.3 is 10.2 Å². The Hall–Kier alpha value is -3.14. The lowest BCUT2D eigenvalue weighted by Crippen LogP contribution is -2.45. The zero-order valence-corrected chi connectivity index (χ0v) is 16.1. The fraction of sp³-hybridized carbons (Fsp3) is 0.250. The van der Waals surface area contributed by atoms with E-state index in [-0.39, 0.29) is 11.9 Å². The van der Waals surface area contributed by atoms with Crippen LogP contribution >= 0.6 is 0 Å². The summed E-state index contributed by atoms with van der Waals surface area (Å²) in [7, 11) is 0. The van der Waals surface area contributed by atoms with Crippen molar-refractivity contribution in [1.82, 2.24) is 9.88 Å². The number of anilines is 1. The molecule has 4 heteroatoms. The van der Waals surface area contributed by atoms with Crippen LogP contribution in [0.15, 0.2) is 72.9 Å². The van der Waals surface area contributed by atoms with Crippen molar-refractivity contribution in [3.8, 4) is 11.1 Å². The lowest BCUT2D eigenvalue weighted by Gasteiger charge is -2.34. The van der Waals surface area contributed by atoms with E-state index in [1.807, 2.05) is 66.4 Å². The highest BCUT2D eigenvalue weighted by Crippen LogP contribution is 2.27. The van der Waals surface area contributed by atoms with Crippen molar-refractivity contribution in [3.05, 3.63) is 84.2 Å². The third-order valence-corrected chi connectivity index (χ3v) is 5.29. The van der Waals surface area contributed by atoms with Crippen molar-refractivity contribution in [2.75, 3.05) is 18.4 Å². The summed E-state index contributed by atoms with van der Waals surface area (Å²) < 4.78 is 0. The summed E-state index contributed by atoms with van der Waals surface area (Å²) in [5, 5.41) is 3.57. The van der Waals surface area contributed by atoms with Crippen molar-refractivity contribution in [2.24, 2.45) is 0 Å². The smallest absolute Gasteiger partial charge is 0.256 e. The summed E-state index contributed by atoms with van der Waals surface area (Å²) in [6, 6.07) is 22.5. The van der Waals surface area contributed by atoms with E-state index in [1.165, 1.54) is 0 Å². The molecule has 0 radical (unpaired) electrons. The van der Waals surface area contributed by atoms with E-state index >= 15 is 0 Å². The van der Waals surface area contributed by atoms with Gasteiger partial charge in [-0.05, 0) is 49.1 Å². The van der Waals surface area contributed by atoms with Crippen molar-refractivity contribution in [2.45, 2.75) is 25.8 Å². The standard InChI is InChI=1S/C24H25N3O/c1-18-23(22(14-15-25-18)19-9-4-2-5-10-19)24(28)27-16-8-13-21(17-27)26-20-11-6-3-7-12-20/h2-7,9-12,14-15,21,26H,8,13,16-17H2,1H3/t21-/m1/s1. The Balaban J connectivity index is 1.58. The van der Waals surface area contributed by atoms with Crippen LogP contribution in [-0.4, -0.2) is 34.9 Å². The number of likely N-dealkylation sites (tertiary alicyclic amines) is 1. The number of amides is 1. The molecule has 1 saturated heterocycles. The Morgan fingerprint density at radius 1 is 1.04 bits per heavy atom. The second kappa shape index (κ2) is 8.26. The van der Waals surface area contributed by atoms with Crippen LogP contribution in [0.1, 0.15) is 28.9 Å². The minimum absolute atomic E-state index is 0.0732. The summed E-state index contributed by atoms with van der Waals surface area (Å²) in [4.78, 5) is 19.8. The van der Waals surface area contributed by atoms with Crippen molar-refractivity contribution in [3.63, 3.8) is 0 Å². The van der Waals surface area contributed by atoms with Gasteiger partial charge in [0.05, 0.1) is 11.3 Å². The van der Waals surface area contributed by atoms with Gasteiger partial charge in [0, 0.05) is 31.0 Å². The third-order valence-electron chi connectivity index (χ3n) is 5.29. The number of hydrogen-bond acceptors (Lipinski definition) is 3. The van der Waals surface area contributed by atoms with Crippen molar-refractivity contribution < 1.29 is 4.79 Å². The molecule has 1 aliphatic heterocycles. The molecule has 0 aliphatic carbocycles. The number of rotatable bonds is 4. The maximum absolute atomic E-state index is 13.5. The lowest BCUT2D eigenvalue weighted by atomic mass is 9.97. The van der Waals surface area contributed by atoms with Gasteiger partial charge in [-0.1, -0.05) is 48.5 Å². The van der Waals surface area contributed by atoms with E-state index in [4.69, 9.17) is 0 Å². The minimum atomic E-state index is 0.0732. The number of carbonyl (C=O) groups is 1. The molecule has 1 aromatic heterocycles. The molecule has 0 bridgehead atoms. The first-order chi connectivity index (χ1) is 13.7. The molecule has 1 amide bonds. The Kier molecular flexibility index (Phi) is 5.38. The number of aromatic nitrogens is 1. The second-order valence-corrected chi connectivity index (χ2v) is 7.29. The summed E-state index contributed by atoms with van der Waals surface area (Å²) >= 11 is 0. The van der Waals surface area contributed by atoms with Gasteiger partial charge in [0.1, 0.15) is 0 Å². The molecular weight excluding hydrogens is 346 g/mol. The first-order valence-electron chi connectivity index (χ1n) is 9.84. The van der Waals surface area contributed by atoms with Crippen molar-refractivity contribution in [1.29, 1.82) is 0 Å². The average Bonchev–Trinajstić information content (AvgIpc) is 2.75. The monoisotopic (exact) mass is 371 g/mol. The number of hydrogen-bond donors (Lipinski definition) is 1. The Labute approximate surface area is 166 Å². The van der Waals surface area contributed by atoms with Crippen LogP contribution < -0.4 is 5.32 Å². The van der Waals surface area contributed by atoms with Gasteiger partial charge in [-0.15, -0.1) is 0 Å². The number of nitrogens with zero attached hydrogens (tertiary/aromatic N) is 2. The molecule has 1 aliphatic rings. The second-order valence-electron chi connectivity index (χ2n) is 7.29. The van der Waals surface area contributed by atoms with Crippen LogP contribution in [0.3, 0.4) is 0 Å². The zero-order chi connectivity index (χ0) is 19.3. The van der Waals surface area contributed by atoms with E-state index in [0.29, 0.717) is 12.1 Å². The largest absolute Gasteiger partial charge is 0.381 e. The van der Waals surface area contributed by atoms with E-state index in [0.717, 1.165) is 41.9 Å². The predicted octanol–water partition coefficient (Wildman–Crippen LogP) is 4.77. The molecule has 2 heterocycles. The highest BCUT2D eigenvalue weighted by molar-refractivity contribution is 6.01. The molecule has 28 heavy (non-hydrogen) atoms. The number of carbonyl (C=O) groups excluding carboxylic acids is 1. The highest BCUT2D eigenvalue weighted by atomic mass is 16.2. The molecule has 1 fully saturated rings. The van der Waals surface area contributed by atoms with Gasteiger partial charge in [0.2, 0.25) is 0 Å². The normalized spacial score (nSPS) is 16.6. The van der Waals surface area contributed by atoms with E-state index in [2.05, 4.69) is 22.4 Å². The summed E-state index contributed by atoms with van der Waals surface area (Å²) in [5.74, 6) is 0.0732. The van der Waals surface area contributed by atoms with Gasteiger partial charge in [0.15, 0.2) is 0 Å². The number of aryl methyl sites for hydroxylation is 1. The first kappa shape index (κ1) is 18.2. The fourth-order valence-corrected chi connectivity index (χ4v) is 3.90. The van der Waals surface area contributed by atoms with Gasteiger partial charge in [-0.2, -0.15) is 0 Å². The Morgan fingerprint density at radius 3 is 2.50 bits per heavy atom. The number of para-hydroxylation sites is 1. The van der Waals surface area contributed by atoms with Gasteiger partial charge in [0.25, 0.3) is 5.91 Å². The zero-order valence-electron chi connectivity index (χ0n) is 16.1. The summed E-state index contributed by atoms with van der Waals surface area (Å²) in [5.41, 5.74) is 4.60. The highest BCUT2D eigenvalue weighted by Gasteiger charge is 2.27. The van der Waals surface area contributed by atoms with Gasteiger partial charge in [-0.25, -0.2) is 0 Å². The Bertz CT molecular complexity index is 941. The maximum atomic E-state index is 13.5. The van der Waals surface area contributed by atoms with E-state index < -0.39 is 0 Å². The lowest BCUT2D eigenvalue weighted by molar-refractivity contribution is 0.0714. The molecule has 0 unspecified atom stereocenters. The molecule has 3 aromatic rings. The summed E-state index contributed by atoms with van der Waals surface area (Å²) in [6.45, 7) is 3.41. The quantitative estimate of drug-likeness (QED) is 0.718. The molecule has 2 aromatic carbocycles. The number of benzene rings is 2. The van der Waals surface area contributed by atoms with E-state index in [9.17, 15) is 4.79 Å². The molecular formula is C24H25N3O. The number of piperidine rings is 1. The molecule has 1 N–H and O–H groups in total. The fourth-order valence-electron chi connectivity index (χ4n) is 3.90. The molecule has 4 nitrogen and oxygen atoms in total. The van der Waals surface area contributed by atoms with Crippen LogP contribution in [0.2, 0.25) is 0 Å².